The summed E-state index contributed by atoms with van der Waals surface area (Å²) in [6.45, 7) is 1.43. The molecule has 4 aromatic rings. The summed E-state index contributed by atoms with van der Waals surface area (Å²) in [4.78, 5) is 4.48. The van der Waals surface area contributed by atoms with Gasteiger partial charge >= 0.3 is 0 Å². The first-order chi connectivity index (χ1) is 12.3. The topological polar surface area (TPSA) is 55.6 Å². The molecule has 2 aromatic carbocycles. The summed E-state index contributed by atoms with van der Waals surface area (Å²) in [7, 11) is 0. The number of fused-ring (bicyclic) bond motifs is 1. The first kappa shape index (κ1) is 15.6. The quantitative estimate of drug-likeness (QED) is 0.588. The van der Waals surface area contributed by atoms with Gasteiger partial charge in [-0.2, -0.15) is 0 Å². The molecule has 0 amide bonds. The lowest BCUT2D eigenvalue weighted by Gasteiger charge is -2.11. The number of benzene rings is 2. The fourth-order valence-electron chi connectivity index (χ4n) is 2.83. The van der Waals surface area contributed by atoms with Crippen LogP contribution in [0.3, 0.4) is 0 Å². The lowest BCUT2D eigenvalue weighted by molar-refractivity contribution is 0.794. The van der Waals surface area contributed by atoms with Crippen molar-refractivity contribution in [1.29, 1.82) is 0 Å². The Morgan fingerprint density at radius 2 is 1.88 bits per heavy atom. The first-order valence-corrected chi connectivity index (χ1v) is 8.35. The highest BCUT2D eigenvalue weighted by molar-refractivity contribution is 6.35. The van der Waals surface area contributed by atoms with Crippen LogP contribution in [0.2, 0.25) is 5.02 Å². The molecule has 0 radical (unpaired) electrons. The van der Waals surface area contributed by atoms with Gasteiger partial charge in [-0.1, -0.05) is 29.8 Å². The van der Waals surface area contributed by atoms with E-state index in [9.17, 15) is 0 Å². The lowest BCUT2D eigenvalue weighted by atomic mass is 10.1. The third kappa shape index (κ3) is 3.46. The molecule has 0 aliphatic carbocycles. The fourth-order valence-corrected chi connectivity index (χ4v) is 3.05. The van der Waals surface area contributed by atoms with Crippen LogP contribution in [0.5, 0.6) is 0 Å². The van der Waals surface area contributed by atoms with Crippen molar-refractivity contribution in [2.24, 2.45) is 0 Å². The average Bonchev–Trinajstić information content (AvgIpc) is 3.15. The van der Waals surface area contributed by atoms with Crippen molar-refractivity contribution in [2.75, 3.05) is 5.32 Å². The molecule has 0 saturated heterocycles. The van der Waals surface area contributed by atoms with E-state index in [4.69, 9.17) is 11.6 Å². The van der Waals surface area contributed by atoms with Gasteiger partial charge in [0.1, 0.15) is 12.7 Å². The van der Waals surface area contributed by atoms with E-state index in [1.807, 2.05) is 34.9 Å². The Labute approximate surface area is 150 Å². The molecular weight excluding hydrogens is 334 g/mol. The van der Waals surface area contributed by atoms with Crippen LogP contribution in [0, 0.1) is 0 Å². The van der Waals surface area contributed by atoms with Gasteiger partial charge in [-0.25, -0.2) is 0 Å². The standard InChI is InChI=1S/C19H16ClN5/c20-18-7-6-15(19-17(18)5-2-8-21-19)10-22-16-4-1-3-14(9-16)11-25-12-23-24-13-25/h1-9,12-13,22H,10-11H2. The molecule has 5 nitrogen and oxygen atoms in total. The van der Waals surface area contributed by atoms with Gasteiger partial charge in [-0.15, -0.1) is 10.2 Å². The van der Waals surface area contributed by atoms with Crippen molar-refractivity contribution in [3.8, 4) is 0 Å². The Morgan fingerprint density at radius 3 is 2.76 bits per heavy atom. The number of aromatic nitrogens is 4. The molecule has 4 rings (SSSR count). The number of pyridine rings is 1. The fraction of sp³-hybridized carbons (Fsp3) is 0.105. The normalized spacial score (nSPS) is 10.9. The molecule has 2 heterocycles. The summed E-state index contributed by atoms with van der Waals surface area (Å²) in [5, 5.41) is 12.8. The largest absolute Gasteiger partial charge is 0.381 e. The van der Waals surface area contributed by atoms with Crippen molar-refractivity contribution >= 4 is 28.2 Å². The zero-order chi connectivity index (χ0) is 17.1. The zero-order valence-electron chi connectivity index (χ0n) is 13.4. The minimum atomic E-state index is 0.681. The second-order valence-corrected chi connectivity index (χ2v) is 6.20. The van der Waals surface area contributed by atoms with Crippen LogP contribution < -0.4 is 5.32 Å². The molecule has 6 heteroatoms. The highest BCUT2D eigenvalue weighted by atomic mass is 35.5. The molecule has 0 aliphatic rings. The van der Waals surface area contributed by atoms with Gasteiger partial charge in [0.25, 0.3) is 0 Å². The number of hydrogen-bond donors (Lipinski definition) is 1. The summed E-state index contributed by atoms with van der Waals surface area (Å²) in [6.07, 6.45) is 5.22. The van der Waals surface area contributed by atoms with Gasteiger partial charge in [-0.05, 0) is 41.5 Å². The second-order valence-electron chi connectivity index (χ2n) is 5.79. The van der Waals surface area contributed by atoms with Crippen LogP contribution in [-0.2, 0) is 13.1 Å². The minimum Gasteiger partial charge on any atom is -0.381 e. The molecule has 0 saturated carbocycles. The Balaban J connectivity index is 1.53. The van der Waals surface area contributed by atoms with Crippen LogP contribution in [0.4, 0.5) is 5.69 Å². The van der Waals surface area contributed by atoms with Gasteiger partial charge in [0.05, 0.1) is 12.1 Å². The molecule has 25 heavy (non-hydrogen) atoms. The van der Waals surface area contributed by atoms with Crippen LogP contribution in [0.1, 0.15) is 11.1 Å². The van der Waals surface area contributed by atoms with Crippen LogP contribution in [0.15, 0.2) is 67.4 Å². The number of rotatable bonds is 5. The number of hydrogen-bond acceptors (Lipinski definition) is 4. The van der Waals surface area contributed by atoms with Crippen molar-refractivity contribution in [2.45, 2.75) is 13.1 Å². The van der Waals surface area contributed by atoms with E-state index in [0.29, 0.717) is 6.54 Å². The Kier molecular flexibility index (Phi) is 4.31. The summed E-state index contributed by atoms with van der Waals surface area (Å²) < 4.78 is 1.94. The van der Waals surface area contributed by atoms with Gasteiger partial charge in [0.15, 0.2) is 0 Å². The van der Waals surface area contributed by atoms with Crippen molar-refractivity contribution in [3.63, 3.8) is 0 Å². The molecule has 2 aromatic heterocycles. The van der Waals surface area contributed by atoms with Gasteiger partial charge in [-0.3, -0.25) is 4.98 Å². The van der Waals surface area contributed by atoms with E-state index < -0.39 is 0 Å². The summed E-state index contributed by atoms with van der Waals surface area (Å²) in [6, 6.07) is 16.2. The van der Waals surface area contributed by atoms with E-state index in [-0.39, 0.29) is 0 Å². The number of nitrogens with one attached hydrogen (secondary N) is 1. The molecule has 0 fully saturated rings. The number of halogens is 1. The third-order valence-electron chi connectivity index (χ3n) is 4.04. The number of anilines is 1. The van der Waals surface area contributed by atoms with Crippen molar-refractivity contribution in [1.82, 2.24) is 19.7 Å². The first-order valence-electron chi connectivity index (χ1n) is 7.97. The molecule has 1 N–H and O–H groups in total. The van der Waals surface area contributed by atoms with E-state index in [1.54, 1.807) is 18.9 Å². The zero-order valence-corrected chi connectivity index (χ0v) is 14.2. The van der Waals surface area contributed by atoms with E-state index in [0.717, 1.165) is 33.7 Å². The summed E-state index contributed by atoms with van der Waals surface area (Å²) in [5.41, 5.74) is 4.29. The van der Waals surface area contributed by atoms with Gasteiger partial charge in [0.2, 0.25) is 0 Å². The monoisotopic (exact) mass is 349 g/mol. The molecule has 0 bridgehead atoms. The second kappa shape index (κ2) is 6.91. The molecular formula is C19H16ClN5. The molecule has 124 valence electrons. The van der Waals surface area contributed by atoms with Crippen LogP contribution >= 0.6 is 11.6 Å². The highest BCUT2D eigenvalue weighted by Gasteiger charge is 2.06. The highest BCUT2D eigenvalue weighted by Crippen LogP contribution is 2.25. The van der Waals surface area contributed by atoms with Crippen molar-refractivity contribution < 1.29 is 0 Å². The van der Waals surface area contributed by atoms with Crippen LogP contribution in [0.25, 0.3) is 10.9 Å². The maximum atomic E-state index is 6.26. The average molecular weight is 350 g/mol. The van der Waals surface area contributed by atoms with E-state index in [1.165, 1.54) is 5.56 Å². The molecule has 0 atom stereocenters. The SMILES string of the molecule is Clc1ccc(CNc2cccc(Cn3cnnc3)c2)c2ncccc12. The van der Waals surface area contributed by atoms with E-state index in [2.05, 4.69) is 38.7 Å². The Bertz CT molecular complexity index is 998. The molecule has 0 unspecified atom stereocenters. The van der Waals surface area contributed by atoms with Crippen molar-refractivity contribution in [3.05, 3.63) is 83.5 Å². The van der Waals surface area contributed by atoms with E-state index >= 15 is 0 Å². The van der Waals surface area contributed by atoms with Crippen LogP contribution in [-0.4, -0.2) is 19.7 Å². The Morgan fingerprint density at radius 1 is 1.00 bits per heavy atom. The lowest BCUT2D eigenvalue weighted by Crippen LogP contribution is -2.02. The Hall–Kier alpha value is -2.92. The summed E-state index contributed by atoms with van der Waals surface area (Å²) in [5.74, 6) is 0. The maximum Gasteiger partial charge on any atom is 0.119 e. The smallest absolute Gasteiger partial charge is 0.119 e. The minimum absolute atomic E-state index is 0.681. The maximum absolute atomic E-state index is 6.26. The predicted octanol–water partition coefficient (Wildman–Crippen LogP) is 4.14. The van der Waals surface area contributed by atoms with Gasteiger partial charge in [0, 0.05) is 28.8 Å². The third-order valence-corrected chi connectivity index (χ3v) is 4.37. The predicted molar refractivity (Wildman–Crippen MR) is 99.6 cm³/mol. The molecule has 0 aliphatic heterocycles. The van der Waals surface area contributed by atoms with Gasteiger partial charge < -0.3 is 9.88 Å². The summed E-state index contributed by atoms with van der Waals surface area (Å²) >= 11 is 6.26. The number of nitrogens with zero attached hydrogens (tertiary/aromatic N) is 4. The molecule has 0 spiro atoms.